The number of hydrogen-bond acceptors (Lipinski definition) is 6. The lowest BCUT2D eigenvalue weighted by atomic mass is 9.82. The predicted molar refractivity (Wildman–Crippen MR) is 116 cm³/mol. The molecule has 1 saturated heterocycles. The van der Waals surface area contributed by atoms with E-state index in [-0.39, 0.29) is 30.9 Å². The first-order chi connectivity index (χ1) is 15.3. The van der Waals surface area contributed by atoms with Gasteiger partial charge in [-0.2, -0.15) is 5.26 Å². The molecular formula is C23H24FN3O4S. The zero-order chi connectivity index (χ0) is 22.9. The van der Waals surface area contributed by atoms with E-state index in [1.807, 2.05) is 0 Å². The molecule has 0 saturated carbocycles. The van der Waals surface area contributed by atoms with Gasteiger partial charge in [-0.15, -0.1) is 0 Å². The summed E-state index contributed by atoms with van der Waals surface area (Å²) in [6.07, 6.45) is 1.09. The van der Waals surface area contributed by atoms with Crippen LogP contribution in [0, 0.1) is 23.1 Å². The van der Waals surface area contributed by atoms with Gasteiger partial charge in [0.1, 0.15) is 5.82 Å². The predicted octanol–water partition coefficient (Wildman–Crippen LogP) is 1.74. The van der Waals surface area contributed by atoms with Crippen LogP contribution >= 0.6 is 0 Å². The number of nitriles is 1. The van der Waals surface area contributed by atoms with Crippen LogP contribution < -0.4 is 11.1 Å². The first-order valence-electron chi connectivity index (χ1n) is 10.5. The van der Waals surface area contributed by atoms with E-state index >= 15 is 4.39 Å². The second-order valence-electron chi connectivity index (χ2n) is 8.22. The minimum absolute atomic E-state index is 0.0321. The van der Waals surface area contributed by atoms with Crippen molar-refractivity contribution in [3.63, 3.8) is 0 Å². The van der Waals surface area contributed by atoms with Crippen molar-refractivity contribution >= 4 is 15.7 Å². The summed E-state index contributed by atoms with van der Waals surface area (Å²) in [5.41, 5.74) is 6.41. The van der Waals surface area contributed by atoms with E-state index in [0.717, 1.165) is 5.56 Å². The zero-order valence-corrected chi connectivity index (χ0v) is 18.3. The molecule has 0 aliphatic carbocycles. The Morgan fingerprint density at radius 2 is 2.03 bits per heavy atom. The van der Waals surface area contributed by atoms with Gasteiger partial charge in [0.15, 0.2) is 15.4 Å². The highest BCUT2D eigenvalue weighted by Gasteiger charge is 2.46. The molecule has 2 heterocycles. The standard InChI is InChI=1S/C23H24FN3O4S/c24-20-12-16(15-4-5-21-18(10-15)6-9-32(21,29)30)2-3-17(20)11-19(13-25)23(22(26)28)14-27-7-1-8-31-23/h2-5,10,12,19,27H,1,6-9,11,14H2,(H2,26,28)/t19-,23?/m0/s1. The zero-order valence-electron chi connectivity index (χ0n) is 17.4. The van der Waals surface area contributed by atoms with Crippen LogP contribution in [0.15, 0.2) is 41.3 Å². The Morgan fingerprint density at radius 1 is 1.28 bits per heavy atom. The van der Waals surface area contributed by atoms with E-state index in [2.05, 4.69) is 11.4 Å². The molecule has 3 N–H and O–H groups in total. The average Bonchev–Trinajstić information content (AvgIpc) is 2.94. The van der Waals surface area contributed by atoms with E-state index in [1.165, 1.54) is 6.07 Å². The van der Waals surface area contributed by atoms with Crippen LogP contribution in [0.2, 0.25) is 0 Å². The topological polar surface area (TPSA) is 122 Å². The van der Waals surface area contributed by atoms with Crippen LogP contribution in [0.1, 0.15) is 17.5 Å². The molecule has 1 amide bonds. The molecule has 9 heteroatoms. The van der Waals surface area contributed by atoms with Gasteiger partial charge in [0.25, 0.3) is 5.91 Å². The highest BCUT2D eigenvalue weighted by Crippen LogP contribution is 2.32. The Labute approximate surface area is 186 Å². The molecule has 4 rings (SSSR count). The van der Waals surface area contributed by atoms with Crippen molar-refractivity contribution in [3.8, 4) is 17.2 Å². The number of rotatable bonds is 5. The molecule has 2 atom stereocenters. The normalized spacial score (nSPS) is 23.0. The number of halogens is 1. The number of nitrogens with two attached hydrogens (primary N) is 1. The van der Waals surface area contributed by atoms with Gasteiger partial charge >= 0.3 is 0 Å². The lowest BCUT2D eigenvalue weighted by Gasteiger charge is -2.33. The van der Waals surface area contributed by atoms with Crippen LogP contribution in [0.3, 0.4) is 0 Å². The fourth-order valence-electron chi connectivity index (χ4n) is 4.37. The van der Waals surface area contributed by atoms with Crippen LogP contribution in [0.5, 0.6) is 0 Å². The number of nitrogens with one attached hydrogen (secondary N) is 1. The van der Waals surface area contributed by atoms with E-state index in [1.54, 1.807) is 30.3 Å². The van der Waals surface area contributed by atoms with Crippen LogP contribution in [-0.2, 0) is 32.2 Å². The molecule has 0 radical (unpaired) electrons. The van der Waals surface area contributed by atoms with Gasteiger partial charge in [-0.25, -0.2) is 12.8 Å². The molecule has 7 nitrogen and oxygen atoms in total. The number of nitrogens with zero attached hydrogens (tertiary/aromatic N) is 1. The maximum absolute atomic E-state index is 15.0. The number of benzene rings is 2. The monoisotopic (exact) mass is 457 g/mol. The number of sulfone groups is 1. The molecule has 168 valence electrons. The fraction of sp³-hybridized carbons (Fsp3) is 0.391. The summed E-state index contributed by atoms with van der Waals surface area (Å²) in [6.45, 7) is 1.01. The Hall–Kier alpha value is -2.80. The lowest BCUT2D eigenvalue weighted by Crippen LogP contribution is -2.57. The summed E-state index contributed by atoms with van der Waals surface area (Å²) < 4.78 is 44.8. The van der Waals surface area contributed by atoms with Gasteiger partial charge in [0.2, 0.25) is 0 Å². The molecule has 0 spiro atoms. The molecule has 2 aliphatic heterocycles. The summed E-state index contributed by atoms with van der Waals surface area (Å²) >= 11 is 0. The molecular weight excluding hydrogens is 433 g/mol. The van der Waals surface area contributed by atoms with E-state index in [9.17, 15) is 18.5 Å². The van der Waals surface area contributed by atoms with Gasteiger partial charge in [-0.3, -0.25) is 4.79 Å². The SMILES string of the molecule is N#C[C@H](Cc1ccc(-c2ccc3c(c2)CCS3(=O)=O)cc1F)C1(C(N)=O)CNCCCO1. The molecule has 1 unspecified atom stereocenters. The van der Waals surface area contributed by atoms with Crippen molar-refractivity contribution < 1.29 is 22.3 Å². The van der Waals surface area contributed by atoms with Gasteiger partial charge in [-0.1, -0.05) is 18.2 Å². The number of carbonyl (C=O) groups is 1. The molecule has 1 fully saturated rings. The maximum Gasteiger partial charge on any atom is 0.252 e. The van der Waals surface area contributed by atoms with Crippen LogP contribution in [0.25, 0.3) is 11.1 Å². The Balaban J connectivity index is 1.61. The Kier molecular flexibility index (Phi) is 6.03. The number of carbonyl (C=O) groups excluding carboxylic acids is 1. The van der Waals surface area contributed by atoms with E-state index in [0.29, 0.717) is 35.4 Å². The van der Waals surface area contributed by atoms with Crippen molar-refractivity contribution in [2.45, 2.75) is 29.8 Å². The quantitative estimate of drug-likeness (QED) is 0.705. The summed E-state index contributed by atoms with van der Waals surface area (Å²) in [7, 11) is -3.22. The summed E-state index contributed by atoms with van der Waals surface area (Å²) in [5.74, 6) is -2.13. The van der Waals surface area contributed by atoms with Gasteiger partial charge in [0.05, 0.1) is 22.6 Å². The lowest BCUT2D eigenvalue weighted by molar-refractivity contribution is -0.147. The van der Waals surface area contributed by atoms with Crippen molar-refractivity contribution in [2.24, 2.45) is 11.7 Å². The van der Waals surface area contributed by atoms with Crippen molar-refractivity contribution in [3.05, 3.63) is 53.3 Å². The van der Waals surface area contributed by atoms with Crippen LogP contribution in [-0.4, -0.2) is 45.4 Å². The first-order valence-corrected chi connectivity index (χ1v) is 12.1. The minimum atomic E-state index is -3.22. The first kappa shape index (κ1) is 22.4. The fourth-order valence-corrected chi connectivity index (χ4v) is 5.91. The molecule has 0 aromatic heterocycles. The number of aryl methyl sites for hydroxylation is 1. The molecule has 0 bridgehead atoms. The van der Waals surface area contributed by atoms with E-state index < -0.39 is 33.1 Å². The smallest absolute Gasteiger partial charge is 0.252 e. The number of primary amides is 1. The number of ether oxygens (including phenoxy) is 1. The number of amides is 1. The highest BCUT2D eigenvalue weighted by molar-refractivity contribution is 7.91. The highest BCUT2D eigenvalue weighted by atomic mass is 32.2. The Morgan fingerprint density at radius 3 is 2.75 bits per heavy atom. The van der Waals surface area contributed by atoms with Crippen molar-refractivity contribution in [2.75, 3.05) is 25.4 Å². The maximum atomic E-state index is 15.0. The number of fused-ring (bicyclic) bond motifs is 1. The number of hydrogen-bond donors (Lipinski definition) is 2. The summed E-state index contributed by atoms with van der Waals surface area (Å²) in [5, 5.41) is 12.8. The van der Waals surface area contributed by atoms with Crippen LogP contribution in [0.4, 0.5) is 4.39 Å². The third kappa shape index (κ3) is 4.01. The second-order valence-corrected chi connectivity index (χ2v) is 10.3. The van der Waals surface area contributed by atoms with Crippen molar-refractivity contribution in [1.82, 2.24) is 5.32 Å². The molecule has 2 aromatic rings. The van der Waals surface area contributed by atoms with Crippen molar-refractivity contribution in [1.29, 1.82) is 5.26 Å². The average molecular weight is 458 g/mol. The minimum Gasteiger partial charge on any atom is -0.367 e. The van der Waals surface area contributed by atoms with Gasteiger partial charge in [-0.05, 0) is 66.3 Å². The van der Waals surface area contributed by atoms with Gasteiger partial charge < -0.3 is 15.8 Å². The summed E-state index contributed by atoms with van der Waals surface area (Å²) in [4.78, 5) is 12.6. The summed E-state index contributed by atoms with van der Waals surface area (Å²) in [6, 6.07) is 11.8. The van der Waals surface area contributed by atoms with Gasteiger partial charge in [0, 0.05) is 13.2 Å². The molecule has 32 heavy (non-hydrogen) atoms. The third-order valence-corrected chi connectivity index (χ3v) is 8.04. The molecule has 2 aliphatic rings. The second kappa shape index (κ2) is 8.62. The van der Waals surface area contributed by atoms with E-state index in [4.69, 9.17) is 10.5 Å². The largest absolute Gasteiger partial charge is 0.367 e. The Bertz CT molecular complexity index is 1200. The third-order valence-electron chi connectivity index (χ3n) is 6.23. The molecule has 2 aromatic carbocycles.